The summed E-state index contributed by atoms with van der Waals surface area (Å²) < 4.78 is 4.74. The molecule has 5 heteroatoms. The molecule has 2 aromatic carbocycles. The van der Waals surface area contributed by atoms with Gasteiger partial charge in [0.05, 0.1) is 23.6 Å². The van der Waals surface area contributed by atoms with E-state index >= 15 is 0 Å². The number of carbonyl (C=O) groups excluding carboxylic acids is 1. The number of benzene rings is 2. The number of para-hydroxylation sites is 1. The number of aromatic nitrogens is 2. The fraction of sp³-hybridized carbons (Fsp3) is 0.118. The minimum atomic E-state index is -0.423. The van der Waals surface area contributed by atoms with Crippen molar-refractivity contribution in [3.05, 3.63) is 63.9 Å². The highest BCUT2D eigenvalue weighted by molar-refractivity contribution is 5.91. The van der Waals surface area contributed by atoms with Gasteiger partial charge in [-0.2, -0.15) is 0 Å². The summed E-state index contributed by atoms with van der Waals surface area (Å²) >= 11 is 0. The Labute approximate surface area is 126 Å². The number of hydrogen-bond donors (Lipinski definition) is 1. The van der Waals surface area contributed by atoms with E-state index in [1.165, 1.54) is 7.11 Å². The smallest absolute Gasteiger partial charge is 0.337 e. The summed E-state index contributed by atoms with van der Waals surface area (Å²) in [5.41, 5.74) is 2.38. The SMILES string of the molecule is COC(=O)c1cc(C)cc(-c2nc3ccccc3c(=O)[nH]2)c1. The maximum absolute atomic E-state index is 12.1. The van der Waals surface area contributed by atoms with Gasteiger partial charge in [-0.25, -0.2) is 9.78 Å². The van der Waals surface area contributed by atoms with Crippen molar-refractivity contribution >= 4 is 16.9 Å². The van der Waals surface area contributed by atoms with Crippen molar-refractivity contribution in [2.45, 2.75) is 6.92 Å². The highest BCUT2D eigenvalue weighted by Gasteiger charge is 2.11. The zero-order valence-corrected chi connectivity index (χ0v) is 12.2. The molecule has 0 saturated heterocycles. The van der Waals surface area contributed by atoms with Gasteiger partial charge in [-0.15, -0.1) is 0 Å². The summed E-state index contributed by atoms with van der Waals surface area (Å²) in [5, 5.41) is 0.534. The fourth-order valence-electron chi connectivity index (χ4n) is 2.38. The Kier molecular flexibility index (Phi) is 3.47. The second kappa shape index (κ2) is 5.44. The van der Waals surface area contributed by atoms with Gasteiger partial charge in [-0.3, -0.25) is 4.79 Å². The van der Waals surface area contributed by atoms with E-state index < -0.39 is 5.97 Å². The standard InChI is InChI=1S/C17H14N2O3/c1-10-7-11(9-12(8-10)17(21)22-2)15-18-14-6-4-3-5-13(14)16(20)19-15/h3-9H,1-2H3,(H,18,19,20). The minimum Gasteiger partial charge on any atom is -0.465 e. The monoisotopic (exact) mass is 294 g/mol. The van der Waals surface area contributed by atoms with Crippen LogP contribution >= 0.6 is 0 Å². The van der Waals surface area contributed by atoms with E-state index in [4.69, 9.17) is 4.74 Å². The third-order valence-electron chi connectivity index (χ3n) is 3.38. The number of esters is 1. The van der Waals surface area contributed by atoms with Crippen molar-refractivity contribution < 1.29 is 9.53 Å². The zero-order valence-electron chi connectivity index (χ0n) is 12.2. The highest BCUT2D eigenvalue weighted by Crippen LogP contribution is 2.20. The Morgan fingerprint density at radius 2 is 1.95 bits per heavy atom. The lowest BCUT2D eigenvalue weighted by Crippen LogP contribution is -2.10. The topological polar surface area (TPSA) is 72.0 Å². The molecule has 1 N–H and O–H groups in total. The molecule has 0 radical (unpaired) electrons. The lowest BCUT2D eigenvalue weighted by Gasteiger charge is -2.07. The van der Waals surface area contributed by atoms with E-state index in [0.717, 1.165) is 5.56 Å². The van der Waals surface area contributed by atoms with E-state index in [0.29, 0.717) is 27.9 Å². The molecule has 5 nitrogen and oxygen atoms in total. The molecule has 1 aromatic heterocycles. The quantitative estimate of drug-likeness (QED) is 0.738. The van der Waals surface area contributed by atoms with Crippen LogP contribution < -0.4 is 5.56 Å². The molecule has 3 rings (SSSR count). The van der Waals surface area contributed by atoms with E-state index in [2.05, 4.69) is 9.97 Å². The summed E-state index contributed by atoms with van der Waals surface area (Å²) in [5.74, 6) is 0.00522. The molecule has 22 heavy (non-hydrogen) atoms. The molecule has 0 atom stereocenters. The number of ether oxygens (including phenoxy) is 1. The van der Waals surface area contributed by atoms with Crippen LogP contribution in [0.5, 0.6) is 0 Å². The van der Waals surface area contributed by atoms with Gasteiger partial charge in [0.15, 0.2) is 0 Å². The van der Waals surface area contributed by atoms with E-state index in [9.17, 15) is 9.59 Å². The largest absolute Gasteiger partial charge is 0.465 e. The predicted molar refractivity (Wildman–Crippen MR) is 83.9 cm³/mol. The first-order valence-corrected chi connectivity index (χ1v) is 6.78. The molecule has 0 bridgehead atoms. The molecule has 1 heterocycles. The lowest BCUT2D eigenvalue weighted by molar-refractivity contribution is 0.0600. The minimum absolute atomic E-state index is 0.207. The van der Waals surface area contributed by atoms with Crippen LogP contribution in [-0.4, -0.2) is 23.0 Å². The van der Waals surface area contributed by atoms with Gasteiger partial charge in [-0.05, 0) is 42.8 Å². The molecule has 0 spiro atoms. The number of nitrogens with one attached hydrogen (secondary N) is 1. The van der Waals surface area contributed by atoms with Crippen LogP contribution in [0.15, 0.2) is 47.3 Å². The van der Waals surface area contributed by atoms with Crippen molar-refractivity contribution in [1.82, 2.24) is 9.97 Å². The number of methoxy groups -OCH3 is 1. The van der Waals surface area contributed by atoms with Crippen LogP contribution in [0, 0.1) is 6.92 Å². The first kappa shape index (κ1) is 14.0. The maximum atomic E-state index is 12.1. The van der Waals surface area contributed by atoms with E-state index in [-0.39, 0.29) is 5.56 Å². The number of fused-ring (bicyclic) bond motifs is 1. The Morgan fingerprint density at radius 1 is 1.18 bits per heavy atom. The normalized spacial score (nSPS) is 10.6. The van der Waals surface area contributed by atoms with Crippen LogP contribution in [0.25, 0.3) is 22.3 Å². The van der Waals surface area contributed by atoms with E-state index in [1.54, 1.807) is 30.3 Å². The van der Waals surface area contributed by atoms with Gasteiger partial charge in [-0.1, -0.05) is 12.1 Å². The second-order valence-electron chi connectivity index (χ2n) is 5.01. The molecule has 3 aromatic rings. The molecule has 0 amide bonds. The molecular weight excluding hydrogens is 280 g/mol. The van der Waals surface area contributed by atoms with Gasteiger partial charge in [0.25, 0.3) is 5.56 Å². The molecule has 0 saturated carbocycles. The summed E-state index contributed by atoms with van der Waals surface area (Å²) in [6.45, 7) is 1.87. The van der Waals surface area contributed by atoms with Crippen LogP contribution in [-0.2, 0) is 4.74 Å². The first-order chi connectivity index (χ1) is 10.6. The third kappa shape index (κ3) is 2.48. The number of aryl methyl sites for hydroxylation is 1. The summed E-state index contributed by atoms with van der Waals surface area (Å²) in [4.78, 5) is 31.1. The fourth-order valence-corrected chi connectivity index (χ4v) is 2.38. The predicted octanol–water partition coefficient (Wildman–Crippen LogP) is 2.69. The van der Waals surface area contributed by atoms with Crippen LogP contribution in [0.3, 0.4) is 0 Å². The van der Waals surface area contributed by atoms with E-state index in [1.807, 2.05) is 19.1 Å². The summed E-state index contributed by atoms with van der Waals surface area (Å²) in [7, 11) is 1.33. The van der Waals surface area contributed by atoms with Crippen molar-refractivity contribution in [3.63, 3.8) is 0 Å². The number of H-pyrrole nitrogens is 1. The third-order valence-corrected chi connectivity index (χ3v) is 3.38. The first-order valence-electron chi connectivity index (χ1n) is 6.78. The second-order valence-corrected chi connectivity index (χ2v) is 5.01. The molecule has 0 aliphatic carbocycles. The average Bonchev–Trinajstić information content (AvgIpc) is 2.53. The van der Waals surface area contributed by atoms with Gasteiger partial charge >= 0.3 is 5.97 Å². The van der Waals surface area contributed by atoms with Crippen molar-refractivity contribution in [2.24, 2.45) is 0 Å². The molecular formula is C17H14N2O3. The van der Waals surface area contributed by atoms with Crippen LogP contribution in [0.1, 0.15) is 15.9 Å². The lowest BCUT2D eigenvalue weighted by atomic mass is 10.1. The van der Waals surface area contributed by atoms with Crippen LogP contribution in [0.2, 0.25) is 0 Å². The Hall–Kier alpha value is -2.95. The molecule has 0 unspecified atom stereocenters. The Morgan fingerprint density at radius 3 is 2.73 bits per heavy atom. The zero-order chi connectivity index (χ0) is 15.7. The number of carbonyl (C=O) groups is 1. The Balaban J connectivity index is 2.21. The number of rotatable bonds is 2. The number of nitrogens with zero attached hydrogens (tertiary/aromatic N) is 1. The van der Waals surface area contributed by atoms with Crippen molar-refractivity contribution in [3.8, 4) is 11.4 Å². The molecule has 110 valence electrons. The van der Waals surface area contributed by atoms with Gasteiger partial charge in [0, 0.05) is 5.56 Å². The molecule has 0 fully saturated rings. The molecule has 0 aliphatic heterocycles. The maximum Gasteiger partial charge on any atom is 0.337 e. The summed E-state index contributed by atoms with van der Waals surface area (Å²) in [6.07, 6.45) is 0. The Bertz CT molecular complexity index is 929. The average molecular weight is 294 g/mol. The van der Waals surface area contributed by atoms with Crippen LogP contribution in [0.4, 0.5) is 0 Å². The van der Waals surface area contributed by atoms with Crippen molar-refractivity contribution in [1.29, 1.82) is 0 Å². The van der Waals surface area contributed by atoms with Gasteiger partial charge in [0.2, 0.25) is 0 Å². The van der Waals surface area contributed by atoms with Gasteiger partial charge < -0.3 is 9.72 Å². The molecule has 0 aliphatic rings. The van der Waals surface area contributed by atoms with Crippen molar-refractivity contribution in [2.75, 3.05) is 7.11 Å². The van der Waals surface area contributed by atoms with Gasteiger partial charge in [0.1, 0.15) is 5.82 Å². The highest BCUT2D eigenvalue weighted by atomic mass is 16.5. The number of hydrogen-bond acceptors (Lipinski definition) is 4. The number of aromatic amines is 1. The summed E-state index contributed by atoms with van der Waals surface area (Å²) in [6, 6.07) is 12.4.